The summed E-state index contributed by atoms with van der Waals surface area (Å²) in [5.41, 5.74) is 0.230. The number of likely N-dealkylation sites (tertiary alicyclic amines) is 1. The third-order valence-corrected chi connectivity index (χ3v) is 5.28. The van der Waals surface area contributed by atoms with E-state index in [0.717, 1.165) is 64.1 Å². The standard InChI is InChI=1S/C18H26N4O2/c1-20-7-5-19-17(20)12-21-6-4-18(13-21)14-22(8-10-23-15-18)11-16-3-2-9-24-16/h2-3,5,7,9H,4,6,8,10-15H2,1H3. The van der Waals surface area contributed by atoms with E-state index in [4.69, 9.17) is 9.15 Å². The molecule has 0 radical (unpaired) electrons. The van der Waals surface area contributed by atoms with Crippen LogP contribution in [0.15, 0.2) is 35.2 Å². The van der Waals surface area contributed by atoms with Crippen molar-refractivity contribution in [1.82, 2.24) is 19.4 Å². The first kappa shape index (κ1) is 15.9. The Hall–Kier alpha value is -1.63. The second-order valence-corrected chi connectivity index (χ2v) is 7.26. The normalized spacial score (nSPS) is 26.2. The topological polar surface area (TPSA) is 46.7 Å². The molecule has 4 heterocycles. The summed E-state index contributed by atoms with van der Waals surface area (Å²) in [6.45, 7) is 7.70. The van der Waals surface area contributed by atoms with Gasteiger partial charge in [0.25, 0.3) is 0 Å². The van der Waals surface area contributed by atoms with Crippen molar-refractivity contribution in [1.29, 1.82) is 0 Å². The average Bonchev–Trinajstić information content (AvgIpc) is 3.26. The lowest BCUT2D eigenvalue weighted by Crippen LogP contribution is -2.40. The maximum absolute atomic E-state index is 5.97. The third kappa shape index (κ3) is 3.41. The van der Waals surface area contributed by atoms with E-state index in [1.165, 1.54) is 6.42 Å². The zero-order valence-electron chi connectivity index (χ0n) is 14.4. The number of rotatable bonds is 4. The number of nitrogens with zero attached hydrogens (tertiary/aromatic N) is 4. The van der Waals surface area contributed by atoms with Crippen LogP contribution in [0.25, 0.3) is 0 Å². The van der Waals surface area contributed by atoms with Gasteiger partial charge in [0, 0.05) is 44.5 Å². The van der Waals surface area contributed by atoms with Crippen molar-refractivity contribution in [2.45, 2.75) is 19.5 Å². The van der Waals surface area contributed by atoms with Crippen molar-refractivity contribution in [3.63, 3.8) is 0 Å². The number of imidazole rings is 1. The highest BCUT2D eigenvalue weighted by Gasteiger charge is 2.41. The largest absolute Gasteiger partial charge is 0.468 e. The monoisotopic (exact) mass is 330 g/mol. The minimum atomic E-state index is 0.230. The minimum absolute atomic E-state index is 0.230. The van der Waals surface area contributed by atoms with E-state index in [1.807, 2.05) is 18.5 Å². The van der Waals surface area contributed by atoms with E-state index < -0.39 is 0 Å². The lowest BCUT2D eigenvalue weighted by atomic mass is 9.87. The Kier molecular flexibility index (Phi) is 4.43. The van der Waals surface area contributed by atoms with Crippen LogP contribution in [-0.4, -0.2) is 58.7 Å². The fourth-order valence-electron chi connectivity index (χ4n) is 4.00. The lowest BCUT2D eigenvalue weighted by Gasteiger charge is -2.31. The first-order chi connectivity index (χ1) is 11.7. The summed E-state index contributed by atoms with van der Waals surface area (Å²) in [5.74, 6) is 2.17. The highest BCUT2D eigenvalue weighted by molar-refractivity contribution is 5.01. The van der Waals surface area contributed by atoms with Crippen LogP contribution in [0.1, 0.15) is 18.0 Å². The Labute approximate surface area is 143 Å². The first-order valence-electron chi connectivity index (χ1n) is 8.74. The summed E-state index contributed by atoms with van der Waals surface area (Å²) in [7, 11) is 2.06. The van der Waals surface area contributed by atoms with Gasteiger partial charge < -0.3 is 13.7 Å². The Morgan fingerprint density at radius 1 is 1.21 bits per heavy atom. The number of aromatic nitrogens is 2. The molecule has 4 rings (SSSR count). The van der Waals surface area contributed by atoms with Gasteiger partial charge in [0.05, 0.1) is 32.6 Å². The second-order valence-electron chi connectivity index (χ2n) is 7.26. The fraction of sp³-hybridized carbons (Fsp3) is 0.611. The van der Waals surface area contributed by atoms with Gasteiger partial charge >= 0.3 is 0 Å². The second kappa shape index (κ2) is 6.70. The van der Waals surface area contributed by atoms with Gasteiger partial charge in [-0.3, -0.25) is 9.80 Å². The van der Waals surface area contributed by atoms with Crippen LogP contribution in [0.5, 0.6) is 0 Å². The number of hydrogen-bond donors (Lipinski definition) is 0. The van der Waals surface area contributed by atoms with Crippen LogP contribution in [0.4, 0.5) is 0 Å². The number of furan rings is 1. The maximum atomic E-state index is 5.97. The van der Waals surface area contributed by atoms with E-state index >= 15 is 0 Å². The first-order valence-corrected chi connectivity index (χ1v) is 8.74. The van der Waals surface area contributed by atoms with Crippen molar-refractivity contribution in [3.8, 4) is 0 Å². The Morgan fingerprint density at radius 2 is 2.08 bits per heavy atom. The molecule has 0 amide bonds. The van der Waals surface area contributed by atoms with Crippen LogP contribution in [-0.2, 0) is 24.9 Å². The Bertz CT molecular complexity index is 654. The van der Waals surface area contributed by atoms with E-state index in [9.17, 15) is 0 Å². The van der Waals surface area contributed by atoms with Gasteiger partial charge in [-0.1, -0.05) is 0 Å². The summed E-state index contributed by atoms with van der Waals surface area (Å²) in [4.78, 5) is 9.46. The van der Waals surface area contributed by atoms with Crippen molar-refractivity contribution in [3.05, 3.63) is 42.4 Å². The van der Waals surface area contributed by atoms with E-state index in [2.05, 4.69) is 32.5 Å². The molecule has 0 saturated carbocycles. The molecule has 2 aromatic heterocycles. The molecule has 1 atom stereocenters. The third-order valence-electron chi connectivity index (χ3n) is 5.28. The maximum Gasteiger partial charge on any atom is 0.122 e. The predicted molar refractivity (Wildman–Crippen MR) is 90.3 cm³/mol. The van der Waals surface area contributed by atoms with E-state index in [-0.39, 0.29) is 5.41 Å². The summed E-state index contributed by atoms with van der Waals surface area (Å²) >= 11 is 0. The van der Waals surface area contributed by atoms with Crippen molar-refractivity contribution >= 4 is 0 Å². The lowest BCUT2D eigenvalue weighted by molar-refractivity contribution is 0.0701. The van der Waals surface area contributed by atoms with Crippen LogP contribution in [0, 0.1) is 5.41 Å². The summed E-state index contributed by atoms with van der Waals surface area (Å²) in [6.07, 6.45) is 6.83. The van der Waals surface area contributed by atoms with Crippen molar-refractivity contribution in [2.24, 2.45) is 12.5 Å². The molecule has 0 bridgehead atoms. The van der Waals surface area contributed by atoms with Gasteiger partial charge in [0.15, 0.2) is 0 Å². The highest BCUT2D eigenvalue weighted by atomic mass is 16.5. The molecule has 6 nitrogen and oxygen atoms in total. The molecule has 2 saturated heterocycles. The summed E-state index contributed by atoms with van der Waals surface area (Å²) in [6, 6.07) is 4.02. The van der Waals surface area contributed by atoms with Gasteiger partial charge in [-0.05, 0) is 25.1 Å². The number of ether oxygens (including phenoxy) is 1. The zero-order chi connectivity index (χ0) is 16.4. The Balaban J connectivity index is 1.41. The SMILES string of the molecule is Cn1ccnc1CN1CCC2(COCCN(Cc3ccco3)C2)C1. The van der Waals surface area contributed by atoms with Gasteiger partial charge in [-0.2, -0.15) is 0 Å². The van der Waals surface area contributed by atoms with Gasteiger partial charge in [0.2, 0.25) is 0 Å². The average molecular weight is 330 g/mol. The molecule has 1 spiro atoms. The molecule has 1 unspecified atom stereocenters. The van der Waals surface area contributed by atoms with Crippen LogP contribution in [0.3, 0.4) is 0 Å². The Morgan fingerprint density at radius 3 is 2.83 bits per heavy atom. The van der Waals surface area contributed by atoms with Crippen LogP contribution >= 0.6 is 0 Å². The zero-order valence-corrected chi connectivity index (χ0v) is 14.4. The number of hydrogen-bond acceptors (Lipinski definition) is 5. The summed E-state index contributed by atoms with van der Waals surface area (Å²) in [5, 5.41) is 0. The molecule has 2 aliphatic heterocycles. The smallest absolute Gasteiger partial charge is 0.122 e. The van der Waals surface area contributed by atoms with Crippen molar-refractivity contribution < 1.29 is 9.15 Å². The minimum Gasteiger partial charge on any atom is -0.468 e. The predicted octanol–water partition coefficient (Wildman–Crippen LogP) is 1.74. The molecule has 24 heavy (non-hydrogen) atoms. The molecule has 2 fully saturated rings. The van der Waals surface area contributed by atoms with Gasteiger partial charge in [0.1, 0.15) is 11.6 Å². The molecule has 2 aromatic rings. The molecular weight excluding hydrogens is 304 g/mol. The van der Waals surface area contributed by atoms with Crippen LogP contribution in [0.2, 0.25) is 0 Å². The highest BCUT2D eigenvalue weighted by Crippen LogP contribution is 2.34. The summed E-state index contributed by atoms with van der Waals surface area (Å²) < 4.78 is 13.6. The van der Waals surface area contributed by atoms with Gasteiger partial charge in [-0.15, -0.1) is 0 Å². The molecule has 0 aromatic carbocycles. The van der Waals surface area contributed by atoms with Gasteiger partial charge in [-0.25, -0.2) is 4.98 Å². The van der Waals surface area contributed by atoms with Crippen LogP contribution < -0.4 is 0 Å². The molecular formula is C18H26N4O2. The molecule has 2 aliphatic rings. The van der Waals surface area contributed by atoms with E-state index in [0.29, 0.717) is 0 Å². The fourth-order valence-corrected chi connectivity index (χ4v) is 4.00. The quantitative estimate of drug-likeness (QED) is 0.854. The molecule has 6 heteroatoms. The molecule has 130 valence electrons. The molecule has 0 aliphatic carbocycles. The van der Waals surface area contributed by atoms with Crippen molar-refractivity contribution in [2.75, 3.05) is 39.4 Å². The molecule has 0 N–H and O–H groups in total. The number of aryl methyl sites for hydroxylation is 1. The van der Waals surface area contributed by atoms with E-state index in [1.54, 1.807) is 6.26 Å².